The number of nitrogens with one attached hydrogen (secondary N) is 1. The van der Waals surface area contributed by atoms with Crippen molar-refractivity contribution in [2.75, 3.05) is 0 Å². The summed E-state index contributed by atoms with van der Waals surface area (Å²) in [5, 5.41) is 7.22. The molecule has 86 valence electrons. The molecule has 15 heavy (non-hydrogen) atoms. The molecule has 1 unspecified atom stereocenters. The molecular weight excluding hydrogens is 190 g/mol. The summed E-state index contributed by atoms with van der Waals surface area (Å²) in [6, 6.07) is 0.506. The Labute approximate surface area is 91.5 Å². The van der Waals surface area contributed by atoms with Crippen molar-refractivity contribution in [1.82, 2.24) is 15.5 Å². The lowest BCUT2D eigenvalue weighted by Crippen LogP contribution is -2.26. The molecule has 0 bridgehead atoms. The molecule has 1 N–H and O–H groups in total. The van der Waals surface area contributed by atoms with E-state index in [-0.39, 0.29) is 0 Å². The first kappa shape index (κ1) is 12.2. The second kappa shape index (κ2) is 5.85. The summed E-state index contributed by atoms with van der Waals surface area (Å²) in [4.78, 5) is 4.14. The second-order valence-electron chi connectivity index (χ2n) is 4.48. The third kappa shape index (κ3) is 4.93. The fourth-order valence-electron chi connectivity index (χ4n) is 1.36. The number of aromatic nitrogens is 2. The van der Waals surface area contributed by atoms with Crippen LogP contribution in [0.3, 0.4) is 0 Å². The van der Waals surface area contributed by atoms with Gasteiger partial charge < -0.3 is 9.84 Å². The number of hydrogen-bond acceptors (Lipinski definition) is 4. The van der Waals surface area contributed by atoms with Crippen molar-refractivity contribution in [2.24, 2.45) is 5.92 Å². The van der Waals surface area contributed by atoms with Gasteiger partial charge in [-0.05, 0) is 25.7 Å². The van der Waals surface area contributed by atoms with E-state index in [0.29, 0.717) is 18.5 Å². The molecule has 1 heterocycles. The van der Waals surface area contributed by atoms with Crippen LogP contribution in [0, 0.1) is 12.8 Å². The molecule has 1 aromatic heterocycles. The van der Waals surface area contributed by atoms with E-state index in [2.05, 4.69) is 36.2 Å². The van der Waals surface area contributed by atoms with Gasteiger partial charge in [0.25, 0.3) is 0 Å². The van der Waals surface area contributed by atoms with Gasteiger partial charge in [-0.2, -0.15) is 4.98 Å². The van der Waals surface area contributed by atoms with Gasteiger partial charge in [-0.1, -0.05) is 19.0 Å². The quantitative estimate of drug-likeness (QED) is 0.784. The molecule has 0 amide bonds. The highest BCUT2D eigenvalue weighted by Crippen LogP contribution is 2.06. The summed E-state index contributed by atoms with van der Waals surface area (Å²) in [5.74, 6) is 2.13. The molecule has 1 aromatic rings. The summed E-state index contributed by atoms with van der Waals surface area (Å²) in [6.07, 6.45) is 2.44. The molecule has 0 aliphatic rings. The van der Waals surface area contributed by atoms with Gasteiger partial charge in [0, 0.05) is 13.0 Å². The normalized spacial score (nSPS) is 13.4. The molecule has 1 rings (SSSR count). The minimum Gasteiger partial charge on any atom is -0.340 e. The molecule has 4 nitrogen and oxygen atoms in total. The van der Waals surface area contributed by atoms with E-state index in [4.69, 9.17) is 4.52 Å². The zero-order valence-electron chi connectivity index (χ0n) is 10.1. The molecule has 0 saturated heterocycles. The van der Waals surface area contributed by atoms with Crippen molar-refractivity contribution in [2.45, 2.75) is 53.1 Å². The Hall–Kier alpha value is -0.900. The third-order valence-corrected chi connectivity index (χ3v) is 2.36. The highest BCUT2D eigenvalue weighted by Gasteiger charge is 2.06. The molecule has 0 aliphatic heterocycles. The molecule has 0 aromatic carbocycles. The van der Waals surface area contributed by atoms with E-state index in [9.17, 15) is 0 Å². The summed E-state index contributed by atoms with van der Waals surface area (Å²) < 4.78 is 4.89. The lowest BCUT2D eigenvalue weighted by Gasteiger charge is -2.13. The van der Waals surface area contributed by atoms with Crippen LogP contribution in [0.4, 0.5) is 0 Å². The van der Waals surface area contributed by atoms with Crippen LogP contribution < -0.4 is 5.32 Å². The highest BCUT2D eigenvalue weighted by atomic mass is 16.5. The highest BCUT2D eigenvalue weighted by molar-refractivity contribution is 4.83. The Morgan fingerprint density at radius 3 is 2.53 bits per heavy atom. The first-order chi connectivity index (χ1) is 7.08. The predicted octanol–water partition coefficient (Wildman–Crippen LogP) is 2.29. The van der Waals surface area contributed by atoms with Crippen LogP contribution in [0.1, 0.15) is 45.3 Å². The van der Waals surface area contributed by atoms with Crippen molar-refractivity contribution in [3.05, 3.63) is 11.7 Å². The fraction of sp³-hybridized carbons (Fsp3) is 0.818. The van der Waals surface area contributed by atoms with Crippen LogP contribution in [-0.4, -0.2) is 16.2 Å². The molecule has 4 heteroatoms. The summed E-state index contributed by atoms with van der Waals surface area (Å²) in [7, 11) is 0. The van der Waals surface area contributed by atoms with Crippen LogP contribution in [0.2, 0.25) is 0 Å². The molecule has 0 saturated carbocycles. The average molecular weight is 211 g/mol. The average Bonchev–Trinajstić information content (AvgIpc) is 2.58. The standard InChI is InChI=1S/C11H21N3O/c1-8(2)5-6-9(3)12-7-11-13-10(4)15-14-11/h8-9,12H,5-7H2,1-4H3. The lowest BCUT2D eigenvalue weighted by atomic mass is 10.0. The van der Waals surface area contributed by atoms with Crippen LogP contribution >= 0.6 is 0 Å². The van der Waals surface area contributed by atoms with Crippen molar-refractivity contribution in [1.29, 1.82) is 0 Å². The monoisotopic (exact) mass is 211 g/mol. The maximum absolute atomic E-state index is 4.89. The van der Waals surface area contributed by atoms with Gasteiger partial charge in [-0.25, -0.2) is 0 Å². The topological polar surface area (TPSA) is 51.0 Å². The first-order valence-corrected chi connectivity index (χ1v) is 5.60. The Balaban J connectivity index is 2.19. The number of rotatable bonds is 6. The lowest BCUT2D eigenvalue weighted by molar-refractivity contribution is 0.381. The zero-order valence-corrected chi connectivity index (χ0v) is 10.1. The van der Waals surface area contributed by atoms with Gasteiger partial charge in [-0.15, -0.1) is 0 Å². The fourth-order valence-corrected chi connectivity index (χ4v) is 1.36. The summed E-state index contributed by atoms with van der Waals surface area (Å²) in [5.41, 5.74) is 0. The number of aryl methyl sites for hydroxylation is 1. The van der Waals surface area contributed by atoms with Gasteiger partial charge >= 0.3 is 0 Å². The van der Waals surface area contributed by atoms with E-state index >= 15 is 0 Å². The molecule has 0 fully saturated rings. The Kier molecular flexibility index (Phi) is 4.75. The van der Waals surface area contributed by atoms with Crippen molar-refractivity contribution < 1.29 is 4.52 Å². The Bertz CT molecular complexity index is 283. The zero-order chi connectivity index (χ0) is 11.3. The molecule has 0 aliphatic carbocycles. The van der Waals surface area contributed by atoms with E-state index < -0.39 is 0 Å². The van der Waals surface area contributed by atoms with Crippen LogP contribution in [0.25, 0.3) is 0 Å². The van der Waals surface area contributed by atoms with Gasteiger partial charge in [-0.3, -0.25) is 0 Å². The Morgan fingerprint density at radius 1 is 1.27 bits per heavy atom. The largest absolute Gasteiger partial charge is 0.340 e. The molecule has 0 radical (unpaired) electrons. The van der Waals surface area contributed by atoms with Crippen LogP contribution in [0.5, 0.6) is 0 Å². The smallest absolute Gasteiger partial charge is 0.223 e. The predicted molar refractivity (Wildman–Crippen MR) is 59.4 cm³/mol. The minimum absolute atomic E-state index is 0.506. The molecular formula is C11H21N3O. The second-order valence-corrected chi connectivity index (χ2v) is 4.48. The van der Waals surface area contributed by atoms with Crippen molar-refractivity contribution in [3.63, 3.8) is 0 Å². The van der Waals surface area contributed by atoms with E-state index in [1.165, 1.54) is 12.8 Å². The van der Waals surface area contributed by atoms with E-state index in [0.717, 1.165) is 11.7 Å². The summed E-state index contributed by atoms with van der Waals surface area (Å²) >= 11 is 0. The van der Waals surface area contributed by atoms with Crippen LogP contribution in [0.15, 0.2) is 4.52 Å². The maximum atomic E-state index is 4.89. The third-order valence-electron chi connectivity index (χ3n) is 2.36. The van der Waals surface area contributed by atoms with E-state index in [1.54, 1.807) is 6.92 Å². The minimum atomic E-state index is 0.506. The van der Waals surface area contributed by atoms with Crippen LogP contribution in [-0.2, 0) is 6.54 Å². The van der Waals surface area contributed by atoms with E-state index in [1.807, 2.05) is 0 Å². The van der Waals surface area contributed by atoms with Gasteiger partial charge in [0.1, 0.15) is 0 Å². The van der Waals surface area contributed by atoms with Crippen molar-refractivity contribution in [3.8, 4) is 0 Å². The van der Waals surface area contributed by atoms with Gasteiger partial charge in [0.2, 0.25) is 5.89 Å². The maximum Gasteiger partial charge on any atom is 0.223 e. The SMILES string of the molecule is Cc1nc(CNC(C)CCC(C)C)no1. The first-order valence-electron chi connectivity index (χ1n) is 5.60. The van der Waals surface area contributed by atoms with Crippen molar-refractivity contribution >= 4 is 0 Å². The summed E-state index contributed by atoms with van der Waals surface area (Å²) in [6.45, 7) is 9.18. The number of hydrogen-bond donors (Lipinski definition) is 1. The molecule has 1 atom stereocenters. The Morgan fingerprint density at radius 2 is 2.00 bits per heavy atom. The van der Waals surface area contributed by atoms with Gasteiger partial charge in [0.15, 0.2) is 5.82 Å². The van der Waals surface area contributed by atoms with Gasteiger partial charge in [0.05, 0.1) is 6.54 Å². The number of nitrogens with zero attached hydrogens (tertiary/aromatic N) is 2. The molecule has 0 spiro atoms.